The summed E-state index contributed by atoms with van der Waals surface area (Å²) in [6.45, 7) is 4.15. The molecule has 0 amide bonds. The summed E-state index contributed by atoms with van der Waals surface area (Å²) in [6.07, 6.45) is 1.98. The number of aryl methyl sites for hydroxylation is 2. The van der Waals surface area contributed by atoms with Gasteiger partial charge in [-0.2, -0.15) is 0 Å². The van der Waals surface area contributed by atoms with Crippen LogP contribution in [-0.4, -0.2) is 9.55 Å². The van der Waals surface area contributed by atoms with E-state index in [4.69, 9.17) is 4.98 Å². The SMILES string of the molecule is CCCc1sc2nc(SCc3cccc(F)c3)n(-c3ccccc3)c(=O)c2c1C. The lowest BCUT2D eigenvalue weighted by molar-refractivity contribution is 0.626. The number of hydrogen-bond donors (Lipinski definition) is 0. The quantitative estimate of drug-likeness (QED) is 0.275. The zero-order valence-electron chi connectivity index (χ0n) is 16.3. The van der Waals surface area contributed by atoms with Crippen LogP contribution in [0.5, 0.6) is 0 Å². The zero-order chi connectivity index (χ0) is 20.4. The fraction of sp³-hybridized carbons (Fsp3) is 0.217. The fourth-order valence-electron chi connectivity index (χ4n) is 3.35. The first-order valence-electron chi connectivity index (χ1n) is 9.56. The molecule has 0 saturated heterocycles. The first-order valence-corrected chi connectivity index (χ1v) is 11.4. The molecule has 148 valence electrons. The molecule has 0 unspecified atom stereocenters. The maximum atomic E-state index is 13.6. The van der Waals surface area contributed by atoms with Gasteiger partial charge < -0.3 is 0 Å². The average molecular weight is 425 g/mol. The predicted octanol–water partition coefficient (Wildman–Crippen LogP) is 6.14. The smallest absolute Gasteiger partial charge is 0.267 e. The van der Waals surface area contributed by atoms with Gasteiger partial charge >= 0.3 is 0 Å². The van der Waals surface area contributed by atoms with Crippen LogP contribution in [0.2, 0.25) is 0 Å². The number of aromatic nitrogens is 2. The van der Waals surface area contributed by atoms with E-state index >= 15 is 0 Å². The number of thiophene rings is 1. The van der Waals surface area contributed by atoms with Crippen LogP contribution in [-0.2, 0) is 12.2 Å². The van der Waals surface area contributed by atoms with E-state index in [1.54, 1.807) is 22.0 Å². The van der Waals surface area contributed by atoms with Crippen molar-refractivity contribution in [2.45, 2.75) is 37.6 Å². The molecule has 2 heterocycles. The molecule has 0 radical (unpaired) electrons. The Bertz CT molecular complexity index is 1220. The Morgan fingerprint density at radius 1 is 1.14 bits per heavy atom. The number of hydrogen-bond acceptors (Lipinski definition) is 4. The van der Waals surface area contributed by atoms with Crippen molar-refractivity contribution in [3.05, 3.63) is 86.8 Å². The van der Waals surface area contributed by atoms with Crippen molar-refractivity contribution in [2.75, 3.05) is 0 Å². The predicted molar refractivity (Wildman–Crippen MR) is 120 cm³/mol. The highest BCUT2D eigenvalue weighted by Gasteiger charge is 2.19. The van der Waals surface area contributed by atoms with E-state index in [1.807, 2.05) is 43.3 Å². The summed E-state index contributed by atoms with van der Waals surface area (Å²) in [5, 5.41) is 1.33. The average Bonchev–Trinajstić information content (AvgIpc) is 3.03. The van der Waals surface area contributed by atoms with Gasteiger partial charge in [0.05, 0.1) is 11.1 Å². The molecule has 0 N–H and O–H groups in total. The molecule has 0 aliphatic carbocycles. The van der Waals surface area contributed by atoms with Crippen LogP contribution in [0.1, 0.15) is 29.3 Å². The molecule has 6 heteroatoms. The largest absolute Gasteiger partial charge is 0.268 e. The Labute approximate surface area is 177 Å². The topological polar surface area (TPSA) is 34.9 Å². The number of rotatable bonds is 6. The fourth-order valence-corrected chi connectivity index (χ4v) is 5.63. The van der Waals surface area contributed by atoms with Crippen molar-refractivity contribution in [1.82, 2.24) is 9.55 Å². The minimum atomic E-state index is -0.259. The standard InChI is InChI=1S/C23H21FN2OS2/c1-3-8-19-15(2)20-21(29-19)25-23(28-14-16-9-7-10-17(24)13-16)26(22(20)27)18-11-5-4-6-12-18/h4-7,9-13H,3,8,14H2,1-2H3. The second-order valence-electron chi connectivity index (χ2n) is 6.87. The van der Waals surface area contributed by atoms with Crippen molar-refractivity contribution < 1.29 is 4.39 Å². The van der Waals surface area contributed by atoms with Crippen LogP contribution in [0.3, 0.4) is 0 Å². The molecule has 0 aliphatic rings. The summed E-state index contributed by atoms with van der Waals surface area (Å²) >= 11 is 3.06. The van der Waals surface area contributed by atoms with Gasteiger partial charge in [-0.25, -0.2) is 9.37 Å². The minimum absolute atomic E-state index is 0.0426. The van der Waals surface area contributed by atoms with E-state index in [-0.39, 0.29) is 11.4 Å². The lowest BCUT2D eigenvalue weighted by atomic mass is 10.1. The molecule has 2 aromatic heterocycles. The Morgan fingerprint density at radius 2 is 1.93 bits per heavy atom. The van der Waals surface area contributed by atoms with E-state index in [0.717, 1.165) is 34.5 Å². The Kier molecular flexibility index (Phi) is 5.83. The summed E-state index contributed by atoms with van der Waals surface area (Å²) < 4.78 is 15.2. The Balaban J connectivity index is 1.86. The lowest BCUT2D eigenvalue weighted by Gasteiger charge is -2.12. The minimum Gasteiger partial charge on any atom is -0.268 e. The van der Waals surface area contributed by atoms with Crippen LogP contribution in [0.15, 0.2) is 64.5 Å². The molecule has 0 aliphatic heterocycles. The first kappa shape index (κ1) is 19.9. The van der Waals surface area contributed by atoms with E-state index in [0.29, 0.717) is 16.3 Å². The molecular weight excluding hydrogens is 403 g/mol. The van der Waals surface area contributed by atoms with Crippen LogP contribution < -0.4 is 5.56 Å². The van der Waals surface area contributed by atoms with E-state index in [1.165, 1.54) is 28.8 Å². The normalized spacial score (nSPS) is 11.3. The highest BCUT2D eigenvalue weighted by molar-refractivity contribution is 7.98. The summed E-state index contributed by atoms with van der Waals surface area (Å²) in [4.78, 5) is 20.4. The third-order valence-electron chi connectivity index (χ3n) is 4.78. The van der Waals surface area contributed by atoms with Crippen LogP contribution in [0.4, 0.5) is 4.39 Å². The van der Waals surface area contributed by atoms with E-state index in [2.05, 4.69) is 6.92 Å². The number of para-hydroxylation sites is 1. The molecule has 2 aromatic carbocycles. The maximum absolute atomic E-state index is 13.6. The molecule has 0 atom stereocenters. The van der Waals surface area contributed by atoms with Gasteiger partial charge in [0.15, 0.2) is 5.16 Å². The van der Waals surface area contributed by atoms with Crippen LogP contribution in [0, 0.1) is 12.7 Å². The Morgan fingerprint density at radius 3 is 2.66 bits per heavy atom. The van der Waals surface area contributed by atoms with Gasteiger partial charge in [0.25, 0.3) is 5.56 Å². The number of nitrogens with zero attached hydrogens (tertiary/aromatic N) is 2. The number of fused-ring (bicyclic) bond motifs is 1. The van der Waals surface area contributed by atoms with Gasteiger partial charge in [-0.3, -0.25) is 9.36 Å². The molecular formula is C23H21FN2OS2. The molecule has 0 saturated carbocycles. The third-order valence-corrected chi connectivity index (χ3v) is 7.04. The zero-order valence-corrected chi connectivity index (χ0v) is 17.9. The Hall–Kier alpha value is -2.44. The van der Waals surface area contributed by atoms with Crippen molar-refractivity contribution in [3.8, 4) is 5.69 Å². The number of thioether (sulfide) groups is 1. The van der Waals surface area contributed by atoms with Crippen molar-refractivity contribution >= 4 is 33.3 Å². The summed E-state index contributed by atoms with van der Waals surface area (Å²) in [7, 11) is 0. The molecule has 0 fully saturated rings. The van der Waals surface area contributed by atoms with Crippen LogP contribution >= 0.6 is 23.1 Å². The van der Waals surface area contributed by atoms with Gasteiger partial charge in [-0.15, -0.1) is 11.3 Å². The van der Waals surface area contributed by atoms with Gasteiger partial charge in [0, 0.05) is 10.6 Å². The highest BCUT2D eigenvalue weighted by Crippen LogP contribution is 2.32. The molecule has 4 aromatic rings. The van der Waals surface area contributed by atoms with Gasteiger partial charge in [0.2, 0.25) is 0 Å². The molecule has 29 heavy (non-hydrogen) atoms. The second kappa shape index (κ2) is 8.51. The van der Waals surface area contributed by atoms with Crippen molar-refractivity contribution in [2.24, 2.45) is 0 Å². The van der Waals surface area contributed by atoms with E-state index in [9.17, 15) is 9.18 Å². The summed E-state index contributed by atoms with van der Waals surface area (Å²) in [5.74, 6) is 0.277. The van der Waals surface area contributed by atoms with Crippen molar-refractivity contribution in [3.63, 3.8) is 0 Å². The maximum Gasteiger partial charge on any atom is 0.267 e. The van der Waals surface area contributed by atoms with Gasteiger partial charge in [0.1, 0.15) is 10.6 Å². The van der Waals surface area contributed by atoms with Crippen molar-refractivity contribution in [1.29, 1.82) is 0 Å². The third kappa shape index (κ3) is 4.00. The van der Waals surface area contributed by atoms with Gasteiger partial charge in [-0.1, -0.05) is 55.4 Å². The molecule has 3 nitrogen and oxygen atoms in total. The van der Waals surface area contributed by atoms with E-state index < -0.39 is 0 Å². The van der Waals surface area contributed by atoms with Crippen LogP contribution in [0.25, 0.3) is 15.9 Å². The summed E-state index contributed by atoms with van der Waals surface area (Å²) in [6, 6.07) is 16.1. The lowest BCUT2D eigenvalue weighted by Crippen LogP contribution is -2.21. The summed E-state index contributed by atoms with van der Waals surface area (Å²) in [5.41, 5.74) is 2.64. The van der Waals surface area contributed by atoms with Gasteiger partial charge in [-0.05, 0) is 48.7 Å². The second-order valence-corrected chi connectivity index (χ2v) is 8.90. The number of benzene rings is 2. The highest BCUT2D eigenvalue weighted by atomic mass is 32.2. The molecule has 0 bridgehead atoms. The first-order chi connectivity index (χ1) is 14.1. The molecule has 4 rings (SSSR count). The molecule has 0 spiro atoms. The monoisotopic (exact) mass is 424 g/mol. The number of halogens is 1.